The summed E-state index contributed by atoms with van der Waals surface area (Å²) in [7, 11) is 1.79. The summed E-state index contributed by atoms with van der Waals surface area (Å²) >= 11 is 1.27. The number of aromatic nitrogens is 4. The lowest BCUT2D eigenvalue weighted by molar-refractivity contribution is 0.102. The van der Waals surface area contributed by atoms with Gasteiger partial charge in [0.1, 0.15) is 4.83 Å². The molecule has 2 N–H and O–H groups in total. The second-order valence-corrected chi connectivity index (χ2v) is 5.93. The first-order chi connectivity index (χ1) is 10.4. The third kappa shape index (κ3) is 2.27. The molecule has 0 radical (unpaired) electrons. The molecule has 0 bridgehead atoms. The minimum atomic E-state index is -2.76. The van der Waals surface area contributed by atoms with Gasteiger partial charge in [-0.15, -0.1) is 11.3 Å². The zero-order valence-electron chi connectivity index (χ0n) is 12.1. The number of hydrogen-bond donors (Lipinski definition) is 2. The number of halogens is 2. The molecule has 0 unspecified atom stereocenters. The Morgan fingerprint density at radius 1 is 1.45 bits per heavy atom. The Hall–Kier alpha value is -2.29. The van der Waals surface area contributed by atoms with Crippen LogP contribution in [0.1, 0.15) is 33.2 Å². The molecule has 0 aliphatic carbocycles. The molecule has 0 fully saturated rings. The maximum Gasteiger partial charge on any atom is 0.284 e. The number of amides is 1. The summed E-state index contributed by atoms with van der Waals surface area (Å²) in [5.74, 6) is -0.438. The van der Waals surface area contributed by atoms with Gasteiger partial charge in [-0.3, -0.25) is 14.6 Å². The van der Waals surface area contributed by atoms with Crippen molar-refractivity contribution in [3.8, 4) is 0 Å². The van der Waals surface area contributed by atoms with Crippen LogP contribution in [-0.2, 0) is 7.05 Å². The lowest BCUT2D eigenvalue weighted by Gasteiger charge is -2.04. The number of nitrogens with one attached hydrogen (secondary N) is 2. The molecular formula is C13H13F2N5OS. The Bertz CT molecular complexity index is 829. The van der Waals surface area contributed by atoms with Crippen molar-refractivity contribution in [1.29, 1.82) is 0 Å². The molecule has 0 aliphatic heterocycles. The summed E-state index contributed by atoms with van der Waals surface area (Å²) in [4.78, 5) is 13.6. The highest BCUT2D eigenvalue weighted by atomic mass is 32.1. The summed E-state index contributed by atoms with van der Waals surface area (Å²) < 4.78 is 27.4. The fourth-order valence-electron chi connectivity index (χ4n) is 2.26. The van der Waals surface area contributed by atoms with Crippen molar-refractivity contribution in [2.24, 2.45) is 7.05 Å². The minimum Gasteiger partial charge on any atom is -0.318 e. The molecule has 0 atom stereocenters. The van der Waals surface area contributed by atoms with Crippen LogP contribution in [0.4, 0.5) is 14.5 Å². The Morgan fingerprint density at radius 3 is 2.82 bits per heavy atom. The molecule has 3 aromatic heterocycles. The van der Waals surface area contributed by atoms with Crippen LogP contribution in [0.2, 0.25) is 0 Å². The van der Waals surface area contributed by atoms with Crippen LogP contribution in [0.15, 0.2) is 6.07 Å². The summed E-state index contributed by atoms with van der Waals surface area (Å²) in [5.41, 5.74) is 0.792. The number of carbonyl (C=O) groups excluding carboxylic acids is 1. The van der Waals surface area contributed by atoms with E-state index in [9.17, 15) is 13.6 Å². The largest absolute Gasteiger partial charge is 0.318 e. The van der Waals surface area contributed by atoms with Crippen LogP contribution in [0.25, 0.3) is 10.2 Å². The van der Waals surface area contributed by atoms with Gasteiger partial charge >= 0.3 is 0 Å². The number of thiophene rings is 1. The number of H-pyrrole nitrogens is 1. The maximum atomic E-state index is 12.9. The predicted molar refractivity (Wildman–Crippen MR) is 79.6 cm³/mol. The topological polar surface area (TPSA) is 75.6 Å². The molecule has 0 spiro atoms. The number of alkyl halides is 2. The van der Waals surface area contributed by atoms with E-state index >= 15 is 0 Å². The van der Waals surface area contributed by atoms with Crippen molar-refractivity contribution in [3.63, 3.8) is 0 Å². The lowest BCUT2D eigenvalue weighted by Crippen LogP contribution is -2.12. The Kier molecular flexibility index (Phi) is 3.44. The van der Waals surface area contributed by atoms with Gasteiger partial charge in [0.2, 0.25) is 0 Å². The van der Waals surface area contributed by atoms with Crippen molar-refractivity contribution >= 4 is 33.1 Å². The molecular weight excluding hydrogens is 312 g/mol. The molecule has 116 valence electrons. The number of rotatable bonds is 3. The quantitative estimate of drug-likeness (QED) is 0.776. The fourth-order valence-corrected chi connectivity index (χ4v) is 3.27. The Morgan fingerprint density at radius 2 is 2.18 bits per heavy atom. The van der Waals surface area contributed by atoms with Crippen molar-refractivity contribution < 1.29 is 13.6 Å². The van der Waals surface area contributed by atoms with Gasteiger partial charge in [-0.05, 0) is 19.9 Å². The maximum absolute atomic E-state index is 12.9. The molecule has 3 heterocycles. The van der Waals surface area contributed by atoms with Crippen molar-refractivity contribution in [1.82, 2.24) is 20.0 Å². The number of hydrogen-bond acceptors (Lipinski definition) is 4. The van der Waals surface area contributed by atoms with Gasteiger partial charge in [-0.25, -0.2) is 8.78 Å². The van der Waals surface area contributed by atoms with Crippen LogP contribution in [-0.4, -0.2) is 25.9 Å². The zero-order chi connectivity index (χ0) is 16.0. The van der Waals surface area contributed by atoms with Gasteiger partial charge < -0.3 is 5.32 Å². The van der Waals surface area contributed by atoms with Gasteiger partial charge in [0.25, 0.3) is 12.3 Å². The summed E-state index contributed by atoms with van der Waals surface area (Å²) in [5, 5.41) is 13.6. The molecule has 0 aromatic carbocycles. The van der Waals surface area contributed by atoms with E-state index in [1.807, 2.05) is 6.92 Å². The predicted octanol–water partition coefficient (Wildman–Crippen LogP) is 3.16. The first kappa shape index (κ1) is 14.6. The highest BCUT2D eigenvalue weighted by Gasteiger charge is 2.22. The van der Waals surface area contributed by atoms with Crippen LogP contribution in [0.3, 0.4) is 0 Å². The Labute approximate surface area is 128 Å². The third-order valence-electron chi connectivity index (χ3n) is 3.34. The summed E-state index contributed by atoms with van der Waals surface area (Å²) in [6.45, 7) is 3.43. The molecule has 0 aliphatic rings. The fraction of sp³-hybridized carbons (Fsp3) is 0.308. The van der Waals surface area contributed by atoms with Crippen LogP contribution in [0.5, 0.6) is 0 Å². The van der Waals surface area contributed by atoms with E-state index in [0.29, 0.717) is 10.6 Å². The molecule has 1 amide bonds. The average molecular weight is 325 g/mol. The van der Waals surface area contributed by atoms with E-state index in [2.05, 4.69) is 20.6 Å². The van der Waals surface area contributed by atoms with Gasteiger partial charge in [0.05, 0.1) is 22.0 Å². The van der Waals surface area contributed by atoms with Crippen LogP contribution < -0.4 is 5.32 Å². The number of fused-ring (bicyclic) bond motifs is 1. The average Bonchev–Trinajstić information content (AvgIpc) is 3.09. The lowest BCUT2D eigenvalue weighted by atomic mass is 10.2. The molecule has 9 heteroatoms. The first-order valence-corrected chi connectivity index (χ1v) is 7.27. The molecule has 3 aromatic rings. The number of aryl methyl sites for hydroxylation is 3. The van der Waals surface area contributed by atoms with Crippen molar-refractivity contribution in [3.05, 3.63) is 28.0 Å². The van der Waals surface area contributed by atoms with E-state index in [0.717, 1.165) is 15.9 Å². The standard InChI is InChI=1S/C13H13F2N5OS/c1-5-7-4-8(22-13(7)20(3)19-5)12(21)16-9-6(2)17-18-10(9)11(14)15/h4,11H,1-3H3,(H,16,21)(H,17,18). The molecule has 0 saturated heterocycles. The van der Waals surface area contributed by atoms with Crippen LogP contribution in [0, 0.1) is 13.8 Å². The van der Waals surface area contributed by atoms with Gasteiger partial charge in [0.15, 0.2) is 5.69 Å². The van der Waals surface area contributed by atoms with E-state index in [1.54, 1.807) is 24.7 Å². The number of nitrogens with zero attached hydrogens (tertiary/aromatic N) is 3. The highest BCUT2D eigenvalue weighted by Crippen LogP contribution is 2.31. The van der Waals surface area contributed by atoms with Crippen molar-refractivity contribution in [2.75, 3.05) is 5.32 Å². The van der Waals surface area contributed by atoms with E-state index in [4.69, 9.17) is 0 Å². The summed E-state index contributed by atoms with van der Waals surface area (Å²) in [6, 6.07) is 1.72. The smallest absolute Gasteiger partial charge is 0.284 e. The minimum absolute atomic E-state index is 0.0345. The number of anilines is 1. The molecule has 3 rings (SSSR count). The van der Waals surface area contributed by atoms with Crippen molar-refractivity contribution in [2.45, 2.75) is 20.3 Å². The zero-order valence-corrected chi connectivity index (χ0v) is 12.9. The summed E-state index contributed by atoms with van der Waals surface area (Å²) in [6.07, 6.45) is -2.76. The Balaban J connectivity index is 1.94. The molecule has 0 saturated carbocycles. The third-order valence-corrected chi connectivity index (χ3v) is 4.54. The molecule has 22 heavy (non-hydrogen) atoms. The van der Waals surface area contributed by atoms with E-state index in [-0.39, 0.29) is 5.69 Å². The number of aromatic amines is 1. The molecule has 6 nitrogen and oxygen atoms in total. The monoisotopic (exact) mass is 325 g/mol. The second kappa shape index (κ2) is 5.16. The van der Waals surface area contributed by atoms with Gasteiger partial charge in [-0.2, -0.15) is 10.2 Å². The van der Waals surface area contributed by atoms with Crippen LogP contribution >= 0.6 is 11.3 Å². The normalized spacial score (nSPS) is 11.5. The second-order valence-electron chi connectivity index (χ2n) is 4.90. The van der Waals surface area contributed by atoms with Gasteiger partial charge in [-0.1, -0.05) is 0 Å². The highest BCUT2D eigenvalue weighted by molar-refractivity contribution is 7.20. The number of carbonyl (C=O) groups is 1. The first-order valence-electron chi connectivity index (χ1n) is 6.46. The van der Waals surface area contributed by atoms with Gasteiger partial charge in [0, 0.05) is 12.4 Å². The van der Waals surface area contributed by atoms with E-state index in [1.165, 1.54) is 11.3 Å². The van der Waals surface area contributed by atoms with E-state index < -0.39 is 18.0 Å². The SMILES string of the molecule is Cc1[nH]nc(C(F)F)c1NC(=O)c1cc2c(C)nn(C)c2s1.